The Labute approximate surface area is 144 Å². The van der Waals surface area contributed by atoms with Gasteiger partial charge in [0.2, 0.25) is 4.51 Å². The van der Waals surface area contributed by atoms with Gasteiger partial charge in [-0.3, -0.25) is 14.2 Å². The molecule has 0 unspecified atom stereocenters. The Kier molecular flexibility index (Phi) is 4.81. The number of carbonyl (C=O) groups excluding carboxylic acids is 2. The number of hydrogen-bond acceptors (Lipinski definition) is 9. The van der Waals surface area contributed by atoms with Gasteiger partial charge in [0.1, 0.15) is 18.5 Å². The molecule has 0 saturated carbocycles. The third-order valence-electron chi connectivity index (χ3n) is 3.70. The van der Waals surface area contributed by atoms with Gasteiger partial charge >= 0.3 is 11.7 Å². The molecule has 1 aliphatic rings. The summed E-state index contributed by atoms with van der Waals surface area (Å²) in [6.45, 7) is 1.66. The minimum Gasteiger partial charge on any atom is -0.463 e. The minimum atomic E-state index is -2.48. The normalized spacial score (nSPS) is 32.5. The van der Waals surface area contributed by atoms with Crippen molar-refractivity contribution in [3.05, 3.63) is 22.7 Å². The number of nitrogens with two attached hydrogens (primary N) is 1. The number of ether oxygens (including phenoxy) is 2. The third-order valence-corrected chi connectivity index (χ3v) is 4.70. The molecule has 0 aliphatic carbocycles. The molecular weight excluding hydrogens is 390 g/mol. The molecule has 0 radical (unpaired) electrons. The van der Waals surface area contributed by atoms with Crippen LogP contribution in [0.2, 0.25) is 0 Å². The van der Waals surface area contributed by atoms with Gasteiger partial charge in [-0.15, -0.1) is 0 Å². The number of alkyl halides is 1. The van der Waals surface area contributed by atoms with E-state index in [1.165, 1.54) is 12.3 Å². The highest BCUT2D eigenvalue weighted by Crippen LogP contribution is 2.49. The van der Waals surface area contributed by atoms with Crippen molar-refractivity contribution in [2.24, 2.45) is 0 Å². The number of Topliss-reactive ketones (excluding diaryl/α,β-unsaturated/α-hetero) is 1. The molecule has 1 aliphatic heterocycles. The Morgan fingerprint density at radius 1 is 1.50 bits per heavy atom. The molecule has 11 heteroatoms. The number of aliphatic hydroxyl groups is 2. The molecule has 0 amide bonds. The predicted octanol–water partition coefficient (Wildman–Crippen LogP) is -1.31. The molecule has 2 rings (SSSR count). The van der Waals surface area contributed by atoms with E-state index in [-0.39, 0.29) is 5.82 Å². The summed E-state index contributed by atoms with van der Waals surface area (Å²) in [4.78, 5) is 38.4. The van der Waals surface area contributed by atoms with Gasteiger partial charge in [0, 0.05) is 13.1 Å². The van der Waals surface area contributed by atoms with Crippen molar-refractivity contribution >= 4 is 33.5 Å². The Hall–Kier alpha value is -1.82. The number of nitrogen functional groups attached to an aromatic ring is 1. The number of nitrogens with zero attached hydrogens (tertiary/aromatic N) is 2. The van der Waals surface area contributed by atoms with E-state index in [4.69, 9.17) is 15.2 Å². The lowest BCUT2D eigenvalue weighted by Gasteiger charge is -2.34. The number of rotatable bonds is 4. The summed E-state index contributed by atoms with van der Waals surface area (Å²) in [7, 11) is 0. The van der Waals surface area contributed by atoms with E-state index >= 15 is 0 Å². The average Bonchev–Trinajstić information content (AvgIpc) is 2.66. The van der Waals surface area contributed by atoms with Crippen LogP contribution in [0.25, 0.3) is 0 Å². The van der Waals surface area contributed by atoms with Gasteiger partial charge in [0.25, 0.3) is 0 Å². The number of esters is 1. The van der Waals surface area contributed by atoms with E-state index < -0.39 is 46.5 Å². The largest absolute Gasteiger partial charge is 0.463 e. The van der Waals surface area contributed by atoms with Crippen molar-refractivity contribution in [3.8, 4) is 0 Å². The zero-order chi connectivity index (χ0) is 18.3. The highest BCUT2D eigenvalue weighted by Gasteiger charge is 2.68. The van der Waals surface area contributed by atoms with Crippen LogP contribution in [0.1, 0.15) is 20.1 Å². The summed E-state index contributed by atoms with van der Waals surface area (Å²) in [6.07, 6.45) is -1.75. The summed E-state index contributed by atoms with van der Waals surface area (Å²) < 4.78 is 8.69. The first kappa shape index (κ1) is 18.5. The van der Waals surface area contributed by atoms with Crippen LogP contribution in [0.5, 0.6) is 0 Å². The Morgan fingerprint density at radius 3 is 2.62 bits per heavy atom. The Morgan fingerprint density at radius 2 is 2.12 bits per heavy atom. The van der Waals surface area contributed by atoms with Crippen LogP contribution in [0.3, 0.4) is 0 Å². The second-order valence-corrected chi connectivity index (χ2v) is 6.53. The van der Waals surface area contributed by atoms with Gasteiger partial charge in [-0.05, 0) is 28.9 Å². The molecule has 4 atom stereocenters. The van der Waals surface area contributed by atoms with Crippen LogP contribution < -0.4 is 11.4 Å². The highest BCUT2D eigenvalue weighted by molar-refractivity contribution is 9.10. The second kappa shape index (κ2) is 6.24. The number of hydrogen-bond donors (Lipinski definition) is 3. The minimum absolute atomic E-state index is 0.0503. The molecular formula is C13H16BrN3O7. The monoisotopic (exact) mass is 405 g/mol. The molecule has 2 heterocycles. The maximum absolute atomic E-state index is 12.0. The van der Waals surface area contributed by atoms with Crippen molar-refractivity contribution in [1.82, 2.24) is 9.55 Å². The Bertz CT molecular complexity index is 735. The maximum atomic E-state index is 12.0. The fourth-order valence-electron chi connectivity index (χ4n) is 2.44. The molecule has 0 bridgehead atoms. The lowest BCUT2D eigenvalue weighted by atomic mass is 9.88. The Balaban J connectivity index is 2.49. The van der Waals surface area contributed by atoms with E-state index in [9.17, 15) is 24.6 Å². The van der Waals surface area contributed by atoms with E-state index in [1.54, 1.807) is 0 Å². The first-order valence-electron chi connectivity index (χ1n) is 6.80. The molecule has 0 spiro atoms. The number of ketones is 1. The molecule has 1 aromatic rings. The van der Waals surface area contributed by atoms with Crippen LogP contribution in [-0.4, -0.2) is 54.3 Å². The van der Waals surface area contributed by atoms with Crippen molar-refractivity contribution in [2.45, 2.75) is 36.3 Å². The number of halogens is 1. The number of aromatic nitrogens is 2. The summed E-state index contributed by atoms with van der Waals surface area (Å²) in [5, 5.41) is 21.4. The van der Waals surface area contributed by atoms with Gasteiger partial charge in [-0.2, -0.15) is 4.98 Å². The fourth-order valence-corrected chi connectivity index (χ4v) is 3.30. The molecule has 24 heavy (non-hydrogen) atoms. The molecule has 10 nitrogen and oxygen atoms in total. The zero-order valence-electron chi connectivity index (χ0n) is 12.8. The van der Waals surface area contributed by atoms with Gasteiger partial charge in [0.15, 0.2) is 17.6 Å². The van der Waals surface area contributed by atoms with Gasteiger partial charge in [0.05, 0.1) is 0 Å². The predicted molar refractivity (Wildman–Crippen MR) is 83.0 cm³/mol. The van der Waals surface area contributed by atoms with Gasteiger partial charge in [-0.1, -0.05) is 0 Å². The first-order chi connectivity index (χ1) is 11.0. The second-order valence-electron chi connectivity index (χ2n) is 5.32. The van der Waals surface area contributed by atoms with Crippen LogP contribution in [-0.2, 0) is 19.1 Å². The number of carbonyl (C=O) groups is 2. The van der Waals surface area contributed by atoms with Crippen molar-refractivity contribution in [1.29, 1.82) is 0 Å². The average molecular weight is 406 g/mol. The summed E-state index contributed by atoms with van der Waals surface area (Å²) in [5.41, 5.74) is 2.06. The van der Waals surface area contributed by atoms with Gasteiger partial charge in [-0.25, -0.2) is 4.79 Å². The first-order valence-corrected chi connectivity index (χ1v) is 7.59. The van der Waals surface area contributed by atoms with Crippen molar-refractivity contribution < 1.29 is 29.3 Å². The molecule has 1 saturated heterocycles. The molecule has 4 N–H and O–H groups in total. The number of anilines is 1. The van der Waals surface area contributed by atoms with Gasteiger partial charge < -0.3 is 25.4 Å². The lowest BCUT2D eigenvalue weighted by molar-refractivity contribution is -0.162. The summed E-state index contributed by atoms with van der Waals surface area (Å²) in [6, 6.07) is 1.28. The van der Waals surface area contributed by atoms with Crippen LogP contribution in [0.15, 0.2) is 17.1 Å². The molecule has 132 valence electrons. The fraction of sp³-hybridized carbons (Fsp3) is 0.538. The van der Waals surface area contributed by atoms with E-state index in [0.29, 0.717) is 0 Å². The smallest absolute Gasteiger partial charge is 0.351 e. The zero-order valence-corrected chi connectivity index (χ0v) is 14.4. The molecule has 0 aromatic carbocycles. The van der Waals surface area contributed by atoms with Crippen molar-refractivity contribution in [2.75, 3.05) is 12.3 Å². The summed E-state index contributed by atoms with van der Waals surface area (Å²) in [5.74, 6) is -1.57. The highest BCUT2D eigenvalue weighted by atomic mass is 79.9. The SMILES string of the molecule is CC(=O)OC[C@H]1O[C@@H](n2ccc(N)nc2=O)[C@@](O)(Br)[C@@]1(O)C(C)=O. The van der Waals surface area contributed by atoms with E-state index in [1.807, 2.05) is 0 Å². The van der Waals surface area contributed by atoms with Crippen LogP contribution in [0, 0.1) is 0 Å². The molecule has 1 aromatic heterocycles. The van der Waals surface area contributed by atoms with Crippen molar-refractivity contribution in [3.63, 3.8) is 0 Å². The topological polar surface area (TPSA) is 154 Å². The lowest BCUT2D eigenvalue weighted by Crippen LogP contribution is -2.60. The van der Waals surface area contributed by atoms with Crippen LogP contribution in [0.4, 0.5) is 5.82 Å². The maximum Gasteiger partial charge on any atom is 0.351 e. The quantitative estimate of drug-likeness (QED) is 0.408. The van der Waals surface area contributed by atoms with E-state index in [2.05, 4.69) is 20.9 Å². The molecule has 1 fully saturated rings. The van der Waals surface area contributed by atoms with E-state index in [0.717, 1.165) is 18.4 Å². The van der Waals surface area contributed by atoms with Crippen LogP contribution >= 0.6 is 15.9 Å². The summed E-state index contributed by atoms with van der Waals surface area (Å²) >= 11 is 2.87. The third kappa shape index (κ3) is 2.83. The standard InChI is InChI=1S/C13H16BrN3O7/c1-6(18)12(21)8(5-23-7(2)19)24-10(13(12,14)22)17-4-3-9(15)16-11(17)20/h3-4,8,10,21-22H,5H2,1-2H3,(H2,15,16,20)/t8-,10-,12-,13+/m1/s1.